The smallest absolute Gasteiger partial charge is 0.246 e. The molecule has 1 saturated carbocycles. The molecule has 0 radical (unpaired) electrons. The van der Waals surface area contributed by atoms with E-state index in [9.17, 15) is 9.59 Å². The normalized spacial score (nSPS) is 26.8. The molecule has 0 spiro atoms. The van der Waals surface area contributed by atoms with Gasteiger partial charge in [-0.15, -0.1) is 0 Å². The number of rotatable bonds is 2. The molecule has 0 aromatic rings. The van der Waals surface area contributed by atoms with Crippen LogP contribution in [0.3, 0.4) is 0 Å². The molecule has 4 heteroatoms. The molecule has 1 atom stereocenters. The highest BCUT2D eigenvalue weighted by Gasteiger charge is 2.40. The zero-order valence-electron chi connectivity index (χ0n) is 11.0. The van der Waals surface area contributed by atoms with Crippen LogP contribution in [0, 0.1) is 11.3 Å². The molecule has 1 aliphatic carbocycles. The van der Waals surface area contributed by atoms with E-state index >= 15 is 0 Å². The molecule has 96 valence electrons. The predicted molar refractivity (Wildman–Crippen MR) is 65.3 cm³/mol. The van der Waals surface area contributed by atoms with Crippen LogP contribution >= 0.6 is 0 Å². The molecular weight excluding hydrogens is 216 g/mol. The number of piperazine rings is 1. The van der Waals surface area contributed by atoms with E-state index in [1.165, 1.54) is 19.3 Å². The molecule has 2 aliphatic rings. The zero-order valence-corrected chi connectivity index (χ0v) is 11.0. The summed E-state index contributed by atoms with van der Waals surface area (Å²) in [6.07, 6.45) is 3.67. The van der Waals surface area contributed by atoms with Crippen molar-refractivity contribution in [3.63, 3.8) is 0 Å². The van der Waals surface area contributed by atoms with Gasteiger partial charge in [-0.2, -0.15) is 0 Å². The van der Waals surface area contributed by atoms with Crippen molar-refractivity contribution in [2.24, 2.45) is 11.3 Å². The van der Waals surface area contributed by atoms with Gasteiger partial charge in [-0.05, 0) is 24.2 Å². The van der Waals surface area contributed by atoms with Crippen LogP contribution in [0.15, 0.2) is 0 Å². The Bertz CT molecular complexity index is 329. The highest BCUT2D eigenvalue weighted by molar-refractivity contribution is 5.95. The second-order valence-corrected chi connectivity index (χ2v) is 6.38. The van der Waals surface area contributed by atoms with E-state index in [4.69, 9.17) is 0 Å². The molecule has 1 heterocycles. The van der Waals surface area contributed by atoms with Gasteiger partial charge in [0, 0.05) is 6.54 Å². The summed E-state index contributed by atoms with van der Waals surface area (Å²) in [5.41, 5.74) is -0.217. The fraction of sp³-hybridized carbons (Fsp3) is 0.846. The van der Waals surface area contributed by atoms with Crippen LogP contribution in [-0.2, 0) is 9.59 Å². The van der Waals surface area contributed by atoms with Gasteiger partial charge in [0.05, 0.1) is 6.54 Å². The van der Waals surface area contributed by atoms with Gasteiger partial charge in [-0.3, -0.25) is 9.59 Å². The monoisotopic (exact) mass is 238 g/mol. The van der Waals surface area contributed by atoms with Gasteiger partial charge in [0.1, 0.15) is 6.04 Å². The van der Waals surface area contributed by atoms with Crippen LogP contribution in [0.25, 0.3) is 0 Å². The van der Waals surface area contributed by atoms with Crippen molar-refractivity contribution in [3.05, 3.63) is 0 Å². The van der Waals surface area contributed by atoms with Crippen LogP contribution in [0.1, 0.15) is 40.0 Å². The molecule has 4 nitrogen and oxygen atoms in total. The minimum absolute atomic E-state index is 0.0242. The fourth-order valence-corrected chi connectivity index (χ4v) is 2.43. The third-order valence-corrected chi connectivity index (χ3v) is 3.77. The molecule has 2 rings (SSSR count). The summed E-state index contributed by atoms with van der Waals surface area (Å²) in [4.78, 5) is 25.7. The van der Waals surface area contributed by atoms with Gasteiger partial charge in [0.25, 0.3) is 0 Å². The van der Waals surface area contributed by atoms with Crippen LogP contribution in [0.4, 0.5) is 0 Å². The van der Waals surface area contributed by atoms with Crippen molar-refractivity contribution in [1.82, 2.24) is 10.2 Å². The van der Waals surface area contributed by atoms with E-state index in [2.05, 4.69) is 5.32 Å². The Balaban J connectivity index is 2.05. The predicted octanol–water partition coefficient (Wildman–Crippen LogP) is 1.16. The molecule has 1 aliphatic heterocycles. The topological polar surface area (TPSA) is 49.4 Å². The number of hydrogen-bond donors (Lipinski definition) is 1. The van der Waals surface area contributed by atoms with Crippen molar-refractivity contribution in [1.29, 1.82) is 0 Å². The summed E-state index contributed by atoms with van der Waals surface area (Å²) in [6, 6.07) is -0.371. The molecule has 1 saturated heterocycles. The van der Waals surface area contributed by atoms with Crippen molar-refractivity contribution in [3.8, 4) is 0 Å². The van der Waals surface area contributed by atoms with E-state index in [0.29, 0.717) is 5.92 Å². The highest BCUT2D eigenvalue weighted by atomic mass is 16.2. The third kappa shape index (κ3) is 2.61. The summed E-state index contributed by atoms with van der Waals surface area (Å²) < 4.78 is 0. The molecule has 1 unspecified atom stereocenters. The number of carbonyl (C=O) groups excluding carboxylic acids is 2. The zero-order chi connectivity index (χ0) is 12.6. The second kappa shape index (κ2) is 4.31. The van der Waals surface area contributed by atoms with Gasteiger partial charge in [-0.1, -0.05) is 27.2 Å². The Kier molecular flexibility index (Phi) is 3.15. The highest BCUT2D eigenvalue weighted by Crippen LogP contribution is 2.29. The molecule has 0 bridgehead atoms. The van der Waals surface area contributed by atoms with Crippen LogP contribution in [-0.4, -0.2) is 35.8 Å². The summed E-state index contributed by atoms with van der Waals surface area (Å²) in [5.74, 6) is 0.679. The van der Waals surface area contributed by atoms with E-state index in [0.717, 1.165) is 6.54 Å². The Hall–Kier alpha value is -1.06. The lowest BCUT2D eigenvalue weighted by Crippen LogP contribution is -2.63. The maximum atomic E-state index is 12.3. The van der Waals surface area contributed by atoms with E-state index < -0.39 is 0 Å². The Labute approximate surface area is 103 Å². The molecule has 0 aromatic heterocycles. The largest absolute Gasteiger partial charge is 0.342 e. The van der Waals surface area contributed by atoms with Crippen LogP contribution < -0.4 is 5.32 Å². The van der Waals surface area contributed by atoms with Gasteiger partial charge in [0.2, 0.25) is 11.8 Å². The minimum atomic E-state index is -0.371. The summed E-state index contributed by atoms with van der Waals surface area (Å²) in [7, 11) is 0. The SMILES string of the molecule is CC(C)(C)C1NC(=O)CN(CC2CCC2)C1=O. The Morgan fingerprint density at radius 1 is 1.29 bits per heavy atom. The van der Waals surface area contributed by atoms with Crippen LogP contribution in [0.2, 0.25) is 0 Å². The summed E-state index contributed by atoms with van der Waals surface area (Å²) >= 11 is 0. The first-order valence-electron chi connectivity index (χ1n) is 6.46. The maximum absolute atomic E-state index is 12.3. The number of nitrogens with zero attached hydrogens (tertiary/aromatic N) is 1. The van der Waals surface area contributed by atoms with Crippen LogP contribution in [0.5, 0.6) is 0 Å². The second-order valence-electron chi connectivity index (χ2n) is 6.38. The van der Waals surface area contributed by atoms with E-state index in [1.807, 2.05) is 20.8 Å². The summed E-state index contributed by atoms with van der Waals surface area (Å²) in [6.45, 7) is 6.97. The fourth-order valence-electron chi connectivity index (χ4n) is 2.43. The Morgan fingerprint density at radius 2 is 1.94 bits per heavy atom. The lowest BCUT2D eigenvalue weighted by atomic mass is 9.82. The third-order valence-electron chi connectivity index (χ3n) is 3.77. The first-order valence-corrected chi connectivity index (χ1v) is 6.46. The maximum Gasteiger partial charge on any atom is 0.246 e. The van der Waals surface area contributed by atoms with Gasteiger partial charge in [0.15, 0.2) is 0 Å². The lowest BCUT2D eigenvalue weighted by molar-refractivity contribution is -0.148. The minimum Gasteiger partial charge on any atom is -0.342 e. The Morgan fingerprint density at radius 3 is 2.41 bits per heavy atom. The van der Waals surface area contributed by atoms with Gasteiger partial charge >= 0.3 is 0 Å². The molecule has 2 fully saturated rings. The first kappa shape index (κ1) is 12.4. The summed E-state index contributed by atoms with van der Waals surface area (Å²) in [5, 5.41) is 2.82. The standard InChI is InChI=1S/C13H22N2O2/c1-13(2,3)11-12(17)15(8-10(16)14-11)7-9-5-4-6-9/h9,11H,4-8H2,1-3H3,(H,14,16). The number of hydrogen-bond acceptors (Lipinski definition) is 2. The molecule has 1 N–H and O–H groups in total. The van der Waals surface area contributed by atoms with Crippen molar-refractivity contribution < 1.29 is 9.59 Å². The molecular formula is C13H22N2O2. The quantitative estimate of drug-likeness (QED) is 0.785. The van der Waals surface area contributed by atoms with Crippen molar-refractivity contribution in [2.75, 3.05) is 13.1 Å². The average molecular weight is 238 g/mol. The first-order chi connectivity index (χ1) is 7.88. The molecule has 17 heavy (non-hydrogen) atoms. The van der Waals surface area contributed by atoms with Crippen molar-refractivity contribution >= 4 is 11.8 Å². The average Bonchev–Trinajstić information content (AvgIpc) is 2.14. The van der Waals surface area contributed by atoms with Crippen molar-refractivity contribution in [2.45, 2.75) is 46.1 Å². The number of nitrogens with one attached hydrogen (secondary N) is 1. The van der Waals surface area contributed by atoms with E-state index in [-0.39, 0.29) is 29.8 Å². The van der Waals surface area contributed by atoms with E-state index in [1.54, 1.807) is 4.90 Å². The molecule has 2 amide bonds. The van der Waals surface area contributed by atoms with Gasteiger partial charge in [-0.25, -0.2) is 0 Å². The number of carbonyl (C=O) groups is 2. The lowest BCUT2D eigenvalue weighted by Gasteiger charge is -2.41. The number of amides is 2. The van der Waals surface area contributed by atoms with Gasteiger partial charge < -0.3 is 10.2 Å². The molecule has 0 aromatic carbocycles.